The fourth-order valence-corrected chi connectivity index (χ4v) is 2.97. The Kier molecular flexibility index (Phi) is 4.71. The Bertz CT molecular complexity index is 656. The van der Waals surface area contributed by atoms with Gasteiger partial charge in [-0.3, -0.25) is 4.79 Å². The lowest BCUT2D eigenvalue weighted by Gasteiger charge is -2.26. The molecule has 0 saturated heterocycles. The van der Waals surface area contributed by atoms with Crippen LogP contribution in [-0.2, 0) is 4.79 Å². The topological polar surface area (TPSA) is 94.0 Å². The zero-order valence-corrected chi connectivity index (χ0v) is 13.2. The molecule has 1 saturated carbocycles. The van der Waals surface area contributed by atoms with Crippen molar-refractivity contribution in [2.75, 3.05) is 0 Å². The average Bonchev–Trinajstić information content (AvgIpc) is 3.06. The van der Waals surface area contributed by atoms with E-state index in [1.165, 1.54) is 0 Å². The molecule has 1 aromatic heterocycles. The molecule has 3 unspecified atom stereocenters. The molecule has 0 aliphatic heterocycles. The third-order valence-electron chi connectivity index (χ3n) is 4.29. The predicted octanol–water partition coefficient (Wildman–Crippen LogP) is 2.43. The van der Waals surface area contributed by atoms with Crippen molar-refractivity contribution >= 4 is 5.91 Å². The minimum absolute atomic E-state index is 0.0123. The van der Waals surface area contributed by atoms with Gasteiger partial charge >= 0.3 is 0 Å². The number of aromatic nitrogens is 2. The number of nitrogens with two attached hydrogens (primary N) is 1. The number of hydrogen-bond donors (Lipinski definition) is 2. The van der Waals surface area contributed by atoms with E-state index in [2.05, 4.69) is 15.5 Å². The number of rotatable bonds is 4. The van der Waals surface area contributed by atoms with E-state index < -0.39 is 0 Å². The van der Waals surface area contributed by atoms with E-state index in [-0.39, 0.29) is 23.9 Å². The van der Waals surface area contributed by atoms with Crippen LogP contribution >= 0.6 is 0 Å². The van der Waals surface area contributed by atoms with Crippen molar-refractivity contribution in [1.29, 1.82) is 0 Å². The number of carbonyl (C=O) groups excluding carboxylic acids is 1. The molecule has 1 fully saturated rings. The predicted molar refractivity (Wildman–Crippen MR) is 86.2 cm³/mol. The second-order valence-electron chi connectivity index (χ2n) is 6.18. The van der Waals surface area contributed by atoms with Crippen LogP contribution in [0.1, 0.15) is 44.5 Å². The van der Waals surface area contributed by atoms with Gasteiger partial charge < -0.3 is 15.6 Å². The van der Waals surface area contributed by atoms with Crippen LogP contribution in [0.25, 0.3) is 11.5 Å². The van der Waals surface area contributed by atoms with Crippen molar-refractivity contribution in [2.45, 2.75) is 44.7 Å². The molecule has 6 heteroatoms. The van der Waals surface area contributed by atoms with Crippen LogP contribution in [0.2, 0.25) is 0 Å². The number of benzene rings is 1. The summed E-state index contributed by atoms with van der Waals surface area (Å²) >= 11 is 0. The summed E-state index contributed by atoms with van der Waals surface area (Å²) in [6, 6.07) is 9.41. The molecule has 23 heavy (non-hydrogen) atoms. The van der Waals surface area contributed by atoms with Gasteiger partial charge in [0.15, 0.2) is 5.82 Å². The molecule has 2 aromatic rings. The normalized spacial score (nSPS) is 22.5. The number of nitrogens with one attached hydrogen (secondary N) is 1. The average molecular weight is 314 g/mol. The number of carbonyl (C=O) groups is 1. The monoisotopic (exact) mass is 314 g/mol. The molecule has 3 atom stereocenters. The fourth-order valence-electron chi connectivity index (χ4n) is 2.97. The first-order valence-electron chi connectivity index (χ1n) is 8.08. The number of amides is 1. The molecule has 1 heterocycles. The molecule has 3 N–H and O–H groups in total. The van der Waals surface area contributed by atoms with Gasteiger partial charge in [0.05, 0.1) is 6.04 Å². The Morgan fingerprint density at radius 3 is 2.87 bits per heavy atom. The van der Waals surface area contributed by atoms with Crippen molar-refractivity contribution < 1.29 is 9.32 Å². The van der Waals surface area contributed by atoms with Crippen LogP contribution in [0.15, 0.2) is 34.9 Å². The molecule has 3 rings (SSSR count). The molecular weight excluding hydrogens is 292 g/mol. The van der Waals surface area contributed by atoms with Crippen molar-refractivity contribution in [1.82, 2.24) is 15.5 Å². The first kappa shape index (κ1) is 15.7. The highest BCUT2D eigenvalue weighted by Crippen LogP contribution is 2.24. The summed E-state index contributed by atoms with van der Waals surface area (Å²) in [5, 5.41) is 6.95. The van der Waals surface area contributed by atoms with Crippen LogP contribution < -0.4 is 11.1 Å². The largest absolute Gasteiger partial charge is 0.346 e. The smallest absolute Gasteiger partial charge is 0.257 e. The Morgan fingerprint density at radius 1 is 1.35 bits per heavy atom. The van der Waals surface area contributed by atoms with Crippen molar-refractivity contribution in [2.24, 2.45) is 11.7 Å². The third-order valence-corrected chi connectivity index (χ3v) is 4.29. The quantitative estimate of drug-likeness (QED) is 0.904. The number of hydrogen-bond acceptors (Lipinski definition) is 5. The molecule has 122 valence electrons. The van der Waals surface area contributed by atoms with E-state index in [0.29, 0.717) is 11.7 Å². The van der Waals surface area contributed by atoms with Gasteiger partial charge in [-0.05, 0) is 38.3 Å². The van der Waals surface area contributed by atoms with Crippen LogP contribution in [0.3, 0.4) is 0 Å². The van der Waals surface area contributed by atoms with Gasteiger partial charge in [0.2, 0.25) is 5.91 Å². The molecule has 1 aliphatic carbocycles. The maximum Gasteiger partial charge on any atom is 0.257 e. The van der Waals surface area contributed by atoms with Crippen LogP contribution in [-0.4, -0.2) is 22.1 Å². The summed E-state index contributed by atoms with van der Waals surface area (Å²) in [7, 11) is 0. The summed E-state index contributed by atoms with van der Waals surface area (Å²) in [5.74, 6) is 0.958. The molecule has 1 aliphatic rings. The highest BCUT2D eigenvalue weighted by atomic mass is 16.5. The fraction of sp³-hybridized carbons (Fsp3) is 0.471. The summed E-state index contributed by atoms with van der Waals surface area (Å²) < 4.78 is 5.28. The first-order chi connectivity index (χ1) is 11.1. The van der Waals surface area contributed by atoms with Gasteiger partial charge in [0.25, 0.3) is 5.89 Å². The molecule has 1 amide bonds. The summed E-state index contributed by atoms with van der Waals surface area (Å²) in [6.45, 7) is 1.86. The lowest BCUT2D eigenvalue weighted by molar-refractivity contribution is -0.126. The minimum Gasteiger partial charge on any atom is -0.346 e. The van der Waals surface area contributed by atoms with Crippen LogP contribution in [0.5, 0.6) is 0 Å². The maximum absolute atomic E-state index is 12.4. The van der Waals surface area contributed by atoms with Crippen LogP contribution in [0, 0.1) is 5.92 Å². The molecule has 0 radical (unpaired) electrons. The molecular formula is C17H22N4O2. The van der Waals surface area contributed by atoms with Gasteiger partial charge in [-0.25, -0.2) is 0 Å². The Hall–Kier alpha value is -2.21. The number of nitrogens with zero attached hydrogens (tertiary/aromatic N) is 2. The van der Waals surface area contributed by atoms with E-state index in [0.717, 1.165) is 31.2 Å². The van der Waals surface area contributed by atoms with Gasteiger partial charge in [-0.1, -0.05) is 29.8 Å². The standard InChI is InChI=1S/C17H22N4O2/c1-11(19-16(22)13-8-5-9-14(18)10-13)15-20-17(23-21-15)12-6-3-2-4-7-12/h2-4,6-7,11,13-14H,5,8-10,18H2,1H3,(H,19,22). The molecule has 0 bridgehead atoms. The Morgan fingerprint density at radius 2 is 2.13 bits per heavy atom. The zero-order chi connectivity index (χ0) is 16.2. The molecule has 1 aromatic carbocycles. The van der Waals surface area contributed by atoms with Crippen molar-refractivity contribution in [3.63, 3.8) is 0 Å². The maximum atomic E-state index is 12.4. The van der Waals surface area contributed by atoms with Crippen molar-refractivity contribution in [3.05, 3.63) is 36.2 Å². The highest BCUT2D eigenvalue weighted by Gasteiger charge is 2.27. The van der Waals surface area contributed by atoms with Crippen LogP contribution in [0.4, 0.5) is 0 Å². The SMILES string of the molecule is CC(NC(=O)C1CCCC(N)C1)c1noc(-c2ccccc2)n1. The van der Waals surface area contributed by atoms with E-state index >= 15 is 0 Å². The molecule has 6 nitrogen and oxygen atoms in total. The van der Waals surface area contributed by atoms with E-state index in [4.69, 9.17) is 10.3 Å². The van der Waals surface area contributed by atoms with Gasteiger partial charge in [0, 0.05) is 17.5 Å². The van der Waals surface area contributed by atoms with E-state index in [9.17, 15) is 4.79 Å². The third kappa shape index (κ3) is 3.76. The van der Waals surface area contributed by atoms with Gasteiger partial charge in [-0.2, -0.15) is 4.98 Å². The summed E-state index contributed by atoms with van der Waals surface area (Å²) in [5.41, 5.74) is 6.82. The summed E-state index contributed by atoms with van der Waals surface area (Å²) in [4.78, 5) is 16.7. The second kappa shape index (κ2) is 6.91. The zero-order valence-electron chi connectivity index (χ0n) is 13.2. The van der Waals surface area contributed by atoms with Gasteiger partial charge in [0.1, 0.15) is 0 Å². The Balaban J connectivity index is 1.63. The van der Waals surface area contributed by atoms with Gasteiger partial charge in [-0.15, -0.1) is 0 Å². The van der Waals surface area contributed by atoms with E-state index in [1.807, 2.05) is 37.3 Å². The first-order valence-corrected chi connectivity index (χ1v) is 8.08. The molecule has 0 spiro atoms. The Labute approximate surface area is 135 Å². The van der Waals surface area contributed by atoms with Crippen molar-refractivity contribution in [3.8, 4) is 11.5 Å². The van der Waals surface area contributed by atoms with E-state index in [1.54, 1.807) is 0 Å². The summed E-state index contributed by atoms with van der Waals surface area (Å²) in [6.07, 6.45) is 3.66. The second-order valence-corrected chi connectivity index (χ2v) is 6.18. The highest BCUT2D eigenvalue weighted by molar-refractivity contribution is 5.79. The minimum atomic E-state index is -0.290. The lowest BCUT2D eigenvalue weighted by Crippen LogP contribution is -2.38. The lowest BCUT2D eigenvalue weighted by atomic mass is 9.85.